The number of hydrogen-bond donors (Lipinski definition) is 4. The second-order valence-corrected chi connectivity index (χ2v) is 10.6. The van der Waals surface area contributed by atoms with Gasteiger partial charge in [-0.3, -0.25) is 0 Å². The molecule has 5 nitrogen and oxygen atoms in total. The Balaban J connectivity index is 1.30. The molecule has 0 radical (unpaired) electrons. The van der Waals surface area contributed by atoms with Crippen LogP contribution >= 0.6 is 46.4 Å². The Hall–Kier alpha value is -2.15. The Morgan fingerprint density at radius 2 is 1.89 bits per heavy atom. The van der Waals surface area contributed by atoms with Crippen LogP contribution < -0.4 is 16.0 Å². The average molecular weight is 566 g/mol. The minimum absolute atomic E-state index is 0.0556. The molecule has 1 aliphatic carbocycles. The first kappa shape index (κ1) is 26.9. The maximum Gasteiger partial charge on any atom is 0.315 e. The number of rotatable bonds is 10. The predicted molar refractivity (Wildman–Crippen MR) is 152 cm³/mol. The molecule has 4 N–H and O–H groups in total. The summed E-state index contributed by atoms with van der Waals surface area (Å²) in [6.45, 7) is 2.09. The molecule has 3 aromatic rings. The van der Waals surface area contributed by atoms with Crippen molar-refractivity contribution in [2.24, 2.45) is 0 Å². The number of carbonyl (C=O) groups is 1. The lowest BCUT2D eigenvalue weighted by Gasteiger charge is -2.22. The first-order chi connectivity index (χ1) is 17.4. The monoisotopic (exact) mass is 564 g/mol. The van der Waals surface area contributed by atoms with Gasteiger partial charge in [0.15, 0.2) is 0 Å². The largest absolute Gasteiger partial charge is 0.361 e. The van der Waals surface area contributed by atoms with Gasteiger partial charge in [-0.05, 0) is 67.4 Å². The van der Waals surface area contributed by atoms with Crippen LogP contribution in [0.1, 0.15) is 29.9 Å². The molecule has 0 saturated carbocycles. The fourth-order valence-corrected chi connectivity index (χ4v) is 5.29. The lowest BCUT2D eigenvalue weighted by atomic mass is 9.95. The SMILES string of the molecule is O=C(NCC(CCNCCc1c[nH]c2ccccc12)c1ccc(Cl)c(Cl)c1)NC1C=C(Cl)C=C(Cl)C1. The highest BCUT2D eigenvalue weighted by Gasteiger charge is 2.18. The fraction of sp³-hybridized carbons (Fsp3) is 0.296. The molecule has 0 saturated heterocycles. The van der Waals surface area contributed by atoms with Crippen molar-refractivity contribution in [1.82, 2.24) is 20.9 Å². The van der Waals surface area contributed by atoms with Crippen LogP contribution in [0.4, 0.5) is 4.79 Å². The molecule has 2 unspecified atom stereocenters. The second kappa shape index (κ2) is 12.9. The van der Waals surface area contributed by atoms with Gasteiger partial charge in [-0.2, -0.15) is 0 Å². The smallest absolute Gasteiger partial charge is 0.315 e. The topological polar surface area (TPSA) is 69.0 Å². The number of amides is 2. The molecule has 190 valence electrons. The number of aromatic amines is 1. The number of H-pyrrole nitrogens is 1. The third-order valence-electron chi connectivity index (χ3n) is 6.23. The van der Waals surface area contributed by atoms with Crippen LogP contribution in [0.5, 0.6) is 0 Å². The van der Waals surface area contributed by atoms with E-state index in [1.54, 1.807) is 18.2 Å². The van der Waals surface area contributed by atoms with Crippen LogP contribution in [-0.2, 0) is 6.42 Å². The van der Waals surface area contributed by atoms with Crippen LogP contribution in [0.25, 0.3) is 10.9 Å². The summed E-state index contributed by atoms with van der Waals surface area (Å²) in [5.41, 5.74) is 3.47. The molecule has 1 heterocycles. The van der Waals surface area contributed by atoms with E-state index in [1.165, 1.54) is 10.9 Å². The molecule has 2 atom stereocenters. The Morgan fingerprint density at radius 3 is 2.69 bits per heavy atom. The lowest BCUT2D eigenvalue weighted by molar-refractivity contribution is 0.238. The van der Waals surface area contributed by atoms with E-state index >= 15 is 0 Å². The maximum atomic E-state index is 12.6. The van der Waals surface area contributed by atoms with E-state index in [2.05, 4.69) is 45.3 Å². The highest BCUT2D eigenvalue weighted by atomic mass is 35.5. The third-order valence-corrected chi connectivity index (χ3v) is 7.46. The van der Waals surface area contributed by atoms with Gasteiger partial charge < -0.3 is 20.9 Å². The average Bonchev–Trinajstić information content (AvgIpc) is 3.25. The zero-order valence-corrected chi connectivity index (χ0v) is 22.6. The number of para-hydroxylation sites is 1. The van der Waals surface area contributed by atoms with Gasteiger partial charge in [0, 0.05) is 46.0 Å². The summed E-state index contributed by atoms with van der Waals surface area (Å²) in [4.78, 5) is 15.9. The van der Waals surface area contributed by atoms with Crippen molar-refractivity contribution in [3.8, 4) is 0 Å². The standard InChI is InChI=1S/C27H28Cl4N4O/c28-20-12-21(29)14-22(13-20)35-27(36)34-15-18(17-5-6-24(30)25(31)11-17)7-9-32-10-8-19-16-33-26-4-2-1-3-23(19)26/h1-6,11-13,16,18,22,32-33H,7-10,14-15H2,(H2,34,35,36). The van der Waals surface area contributed by atoms with Crippen molar-refractivity contribution in [3.05, 3.63) is 92.1 Å². The predicted octanol–water partition coefficient (Wildman–Crippen LogP) is 7.10. The van der Waals surface area contributed by atoms with E-state index in [9.17, 15) is 4.79 Å². The molecular weight excluding hydrogens is 538 g/mol. The zero-order valence-electron chi connectivity index (χ0n) is 19.6. The molecule has 0 bridgehead atoms. The highest BCUT2D eigenvalue weighted by Crippen LogP contribution is 2.28. The molecule has 0 aliphatic heterocycles. The number of aromatic nitrogens is 1. The van der Waals surface area contributed by atoms with Gasteiger partial charge in [-0.1, -0.05) is 70.7 Å². The van der Waals surface area contributed by atoms with E-state index in [4.69, 9.17) is 46.4 Å². The number of carbonyl (C=O) groups excluding carboxylic acids is 1. The van der Waals surface area contributed by atoms with Crippen LogP contribution in [0.3, 0.4) is 0 Å². The Kier molecular flexibility index (Phi) is 9.63. The molecule has 9 heteroatoms. The lowest BCUT2D eigenvalue weighted by Crippen LogP contribution is -2.43. The summed E-state index contributed by atoms with van der Waals surface area (Å²) in [6, 6.07) is 13.4. The number of urea groups is 1. The molecule has 2 aromatic carbocycles. The number of hydrogen-bond acceptors (Lipinski definition) is 2. The van der Waals surface area contributed by atoms with Crippen molar-refractivity contribution in [2.45, 2.75) is 31.2 Å². The van der Waals surface area contributed by atoms with Gasteiger partial charge in [-0.25, -0.2) is 4.79 Å². The second-order valence-electron chi connectivity index (χ2n) is 8.83. The maximum absolute atomic E-state index is 12.6. The minimum atomic E-state index is -0.274. The van der Waals surface area contributed by atoms with Gasteiger partial charge in [0.2, 0.25) is 0 Å². The number of nitrogens with one attached hydrogen (secondary N) is 4. The minimum Gasteiger partial charge on any atom is -0.361 e. The number of allylic oxidation sites excluding steroid dienone is 2. The third kappa shape index (κ3) is 7.44. The van der Waals surface area contributed by atoms with E-state index in [1.807, 2.05) is 18.2 Å². The van der Waals surface area contributed by atoms with Crippen molar-refractivity contribution in [2.75, 3.05) is 19.6 Å². The van der Waals surface area contributed by atoms with Crippen molar-refractivity contribution < 1.29 is 4.79 Å². The Bertz CT molecular complexity index is 1270. The number of halogens is 4. The van der Waals surface area contributed by atoms with E-state index < -0.39 is 0 Å². The van der Waals surface area contributed by atoms with Gasteiger partial charge in [0.1, 0.15) is 0 Å². The number of fused-ring (bicyclic) bond motifs is 1. The molecule has 0 fully saturated rings. The molecule has 1 aliphatic rings. The Labute approximate surface area is 231 Å². The normalized spacial score (nSPS) is 16.4. The summed E-state index contributed by atoms with van der Waals surface area (Å²) in [5, 5.41) is 12.8. The van der Waals surface area contributed by atoms with Gasteiger partial charge >= 0.3 is 6.03 Å². The molecule has 4 rings (SSSR count). The summed E-state index contributed by atoms with van der Waals surface area (Å²) in [6.07, 6.45) is 7.80. The van der Waals surface area contributed by atoms with Crippen LogP contribution in [-0.4, -0.2) is 36.7 Å². The zero-order chi connectivity index (χ0) is 25.5. The molecule has 0 spiro atoms. The fourth-order valence-electron chi connectivity index (χ4n) is 4.36. The van der Waals surface area contributed by atoms with Gasteiger partial charge in [0.25, 0.3) is 0 Å². The van der Waals surface area contributed by atoms with Crippen molar-refractivity contribution in [3.63, 3.8) is 0 Å². The summed E-state index contributed by atoms with van der Waals surface area (Å²) in [5.74, 6) is 0.0556. The Morgan fingerprint density at radius 1 is 1.06 bits per heavy atom. The first-order valence-corrected chi connectivity index (χ1v) is 13.4. The van der Waals surface area contributed by atoms with Gasteiger partial charge in [0.05, 0.1) is 16.1 Å². The number of benzene rings is 2. The molecular formula is C27H28Cl4N4O. The molecule has 1 aromatic heterocycles. The van der Waals surface area contributed by atoms with Crippen LogP contribution in [0, 0.1) is 0 Å². The van der Waals surface area contributed by atoms with E-state index in [-0.39, 0.29) is 18.0 Å². The summed E-state index contributed by atoms with van der Waals surface area (Å²) >= 11 is 24.6. The van der Waals surface area contributed by atoms with Crippen molar-refractivity contribution >= 4 is 63.3 Å². The first-order valence-electron chi connectivity index (χ1n) is 11.9. The quantitative estimate of drug-likeness (QED) is 0.198. The van der Waals surface area contributed by atoms with Crippen LogP contribution in [0.2, 0.25) is 10.0 Å². The molecule has 36 heavy (non-hydrogen) atoms. The summed E-state index contributed by atoms with van der Waals surface area (Å²) in [7, 11) is 0. The van der Waals surface area contributed by atoms with E-state index in [0.29, 0.717) is 33.1 Å². The summed E-state index contributed by atoms with van der Waals surface area (Å²) < 4.78 is 0. The van der Waals surface area contributed by atoms with Crippen LogP contribution in [0.15, 0.2) is 70.9 Å². The van der Waals surface area contributed by atoms with Gasteiger partial charge in [-0.15, -0.1) is 0 Å². The van der Waals surface area contributed by atoms with E-state index in [0.717, 1.165) is 37.0 Å². The highest BCUT2D eigenvalue weighted by molar-refractivity contribution is 6.42. The molecule has 2 amide bonds. The van der Waals surface area contributed by atoms with Crippen molar-refractivity contribution in [1.29, 1.82) is 0 Å².